The molecule has 1 aliphatic rings. The van der Waals surface area contributed by atoms with Crippen LogP contribution in [0.1, 0.15) is 30.4 Å². The summed E-state index contributed by atoms with van der Waals surface area (Å²) in [6.07, 6.45) is 0. The number of nitrogens with zero attached hydrogens (tertiary/aromatic N) is 2. The van der Waals surface area contributed by atoms with Crippen LogP contribution in [0, 0.1) is 0 Å². The summed E-state index contributed by atoms with van der Waals surface area (Å²) in [5.74, 6) is -0.209. The van der Waals surface area contributed by atoms with Crippen molar-refractivity contribution in [2.24, 2.45) is 0 Å². The summed E-state index contributed by atoms with van der Waals surface area (Å²) in [6.45, 7) is 8.00. The second kappa shape index (κ2) is 6.08. The van der Waals surface area contributed by atoms with Crippen LogP contribution in [0.25, 0.3) is 0 Å². The molecule has 2 heterocycles. The van der Waals surface area contributed by atoms with Gasteiger partial charge in [-0.25, -0.2) is 0 Å². The minimum absolute atomic E-state index is 0.00173. The first-order valence-corrected chi connectivity index (χ1v) is 8.01. The van der Waals surface area contributed by atoms with Crippen LogP contribution in [0.2, 0.25) is 5.02 Å². The van der Waals surface area contributed by atoms with E-state index < -0.39 is 11.2 Å². The summed E-state index contributed by atoms with van der Waals surface area (Å²) >= 11 is 6.84. The first-order valence-electron chi connectivity index (χ1n) is 6.81. The molecule has 1 aromatic heterocycles. The van der Waals surface area contributed by atoms with Gasteiger partial charge in [-0.2, -0.15) is 0 Å². The van der Waals surface area contributed by atoms with Crippen LogP contribution in [-0.4, -0.2) is 63.0 Å². The minimum atomic E-state index is -0.755. The average Bonchev–Trinajstić information content (AvgIpc) is 2.67. The molecular weight excluding hydrogens is 314 g/mol. The van der Waals surface area contributed by atoms with Gasteiger partial charge in [0, 0.05) is 32.2 Å². The Balaban J connectivity index is 2.05. The number of aromatic nitrogens is 1. The molecule has 1 aromatic rings. The van der Waals surface area contributed by atoms with Gasteiger partial charge in [0.25, 0.3) is 11.5 Å². The van der Waals surface area contributed by atoms with Crippen LogP contribution in [0.3, 0.4) is 0 Å². The van der Waals surface area contributed by atoms with Gasteiger partial charge in [0.2, 0.25) is 0 Å². The van der Waals surface area contributed by atoms with Gasteiger partial charge >= 0.3 is 0 Å². The quantitative estimate of drug-likeness (QED) is 0.865. The van der Waals surface area contributed by atoms with Gasteiger partial charge in [0.15, 0.2) is 0 Å². The molecule has 1 aliphatic heterocycles. The van der Waals surface area contributed by atoms with Gasteiger partial charge < -0.3 is 10.0 Å². The summed E-state index contributed by atoms with van der Waals surface area (Å²) in [5.41, 5.74) is -1.17. The molecule has 6 nitrogen and oxygen atoms in total. The number of aliphatic hydroxyl groups is 1. The fraction of sp³-hybridized carbons (Fsp3) is 0.692. The first-order chi connectivity index (χ1) is 9.69. The lowest BCUT2D eigenvalue weighted by molar-refractivity contribution is 0.00592. The molecule has 2 N–H and O–H groups in total. The Kier molecular flexibility index (Phi) is 4.77. The number of hydrogen-bond acceptors (Lipinski definition) is 5. The molecule has 1 fully saturated rings. The van der Waals surface area contributed by atoms with E-state index in [1.54, 1.807) is 18.7 Å². The van der Waals surface area contributed by atoms with Gasteiger partial charge in [0.05, 0.1) is 5.60 Å². The molecule has 0 bridgehead atoms. The van der Waals surface area contributed by atoms with Crippen molar-refractivity contribution < 1.29 is 9.90 Å². The third-order valence-corrected chi connectivity index (χ3v) is 4.76. The van der Waals surface area contributed by atoms with E-state index in [-0.39, 0.29) is 21.8 Å². The highest BCUT2D eigenvalue weighted by molar-refractivity contribution is 7.08. The highest BCUT2D eigenvalue weighted by atomic mass is 35.5. The molecule has 8 heteroatoms. The number of carbonyl (C=O) groups is 1. The number of halogens is 1. The van der Waals surface area contributed by atoms with E-state index >= 15 is 0 Å². The summed E-state index contributed by atoms with van der Waals surface area (Å²) in [4.78, 5) is 27.9. The van der Waals surface area contributed by atoms with Crippen molar-refractivity contribution in [1.29, 1.82) is 0 Å². The number of aromatic amines is 1. The Bertz CT molecular complexity index is 578. The standard InChI is InChI=1S/C13H20ClN3O3S/c1-8-6-16(7-13(2,3)20)4-5-17(8)12(19)10-9(14)11(18)15-21-10/h8,20H,4-7H2,1-3H3,(H,15,18). The van der Waals surface area contributed by atoms with E-state index in [1.807, 2.05) is 6.92 Å². The van der Waals surface area contributed by atoms with Gasteiger partial charge in [-0.3, -0.25) is 18.9 Å². The highest BCUT2D eigenvalue weighted by Gasteiger charge is 2.32. The third-order valence-electron chi connectivity index (χ3n) is 3.42. The van der Waals surface area contributed by atoms with E-state index in [9.17, 15) is 14.7 Å². The van der Waals surface area contributed by atoms with Crippen LogP contribution >= 0.6 is 23.1 Å². The Morgan fingerprint density at radius 1 is 1.52 bits per heavy atom. The average molecular weight is 334 g/mol. The van der Waals surface area contributed by atoms with E-state index in [2.05, 4.69) is 9.27 Å². The van der Waals surface area contributed by atoms with Crippen molar-refractivity contribution in [2.45, 2.75) is 32.4 Å². The number of amides is 1. The lowest BCUT2D eigenvalue weighted by Crippen LogP contribution is -2.56. The van der Waals surface area contributed by atoms with Crippen LogP contribution in [0.4, 0.5) is 0 Å². The van der Waals surface area contributed by atoms with Crippen LogP contribution in [0.15, 0.2) is 4.79 Å². The number of hydrogen-bond donors (Lipinski definition) is 2. The predicted molar refractivity (Wildman–Crippen MR) is 83.2 cm³/mol. The topological polar surface area (TPSA) is 76.6 Å². The molecule has 1 saturated heterocycles. The number of rotatable bonds is 3. The molecule has 0 aromatic carbocycles. The summed E-state index contributed by atoms with van der Waals surface area (Å²) in [5, 5.41) is 9.84. The molecule has 118 valence electrons. The summed E-state index contributed by atoms with van der Waals surface area (Å²) in [6, 6.07) is 0.00173. The van der Waals surface area contributed by atoms with Crippen molar-refractivity contribution in [3.8, 4) is 0 Å². The molecule has 1 amide bonds. The second-order valence-electron chi connectivity index (χ2n) is 6.07. The number of piperazine rings is 1. The van der Waals surface area contributed by atoms with Crippen molar-refractivity contribution in [3.63, 3.8) is 0 Å². The monoisotopic (exact) mass is 333 g/mol. The smallest absolute Gasteiger partial charge is 0.277 e. The predicted octanol–water partition coefficient (Wildman–Crippen LogP) is 1.01. The van der Waals surface area contributed by atoms with Crippen LogP contribution in [-0.2, 0) is 0 Å². The van der Waals surface area contributed by atoms with Crippen molar-refractivity contribution in [3.05, 3.63) is 20.3 Å². The molecule has 2 rings (SSSR count). The first kappa shape index (κ1) is 16.5. The van der Waals surface area contributed by atoms with Crippen LogP contribution in [0.5, 0.6) is 0 Å². The SMILES string of the molecule is CC1CN(CC(C)(C)O)CCN1C(=O)c1s[nH]c(=O)c1Cl. The fourth-order valence-corrected chi connectivity index (χ4v) is 3.57. The van der Waals surface area contributed by atoms with Gasteiger partial charge in [-0.15, -0.1) is 0 Å². The fourth-order valence-electron chi connectivity index (χ4n) is 2.58. The molecule has 0 spiro atoms. The maximum absolute atomic E-state index is 12.5. The van der Waals surface area contributed by atoms with E-state index in [0.717, 1.165) is 11.5 Å². The molecule has 0 radical (unpaired) electrons. The Labute approximate surface area is 132 Å². The van der Waals surface area contributed by atoms with Crippen LogP contribution < -0.4 is 5.56 Å². The van der Waals surface area contributed by atoms with E-state index in [4.69, 9.17) is 11.6 Å². The molecule has 0 saturated carbocycles. The van der Waals surface area contributed by atoms with Gasteiger partial charge in [-0.05, 0) is 20.8 Å². The van der Waals surface area contributed by atoms with Crippen molar-refractivity contribution >= 4 is 29.0 Å². The maximum Gasteiger partial charge on any atom is 0.277 e. The van der Waals surface area contributed by atoms with Gasteiger partial charge in [-0.1, -0.05) is 23.1 Å². The van der Waals surface area contributed by atoms with Crippen molar-refractivity contribution in [2.75, 3.05) is 26.2 Å². The van der Waals surface area contributed by atoms with E-state index in [0.29, 0.717) is 26.2 Å². The number of H-pyrrole nitrogens is 1. The van der Waals surface area contributed by atoms with Crippen molar-refractivity contribution in [1.82, 2.24) is 14.2 Å². The Morgan fingerprint density at radius 3 is 2.67 bits per heavy atom. The largest absolute Gasteiger partial charge is 0.389 e. The Morgan fingerprint density at radius 2 is 2.19 bits per heavy atom. The van der Waals surface area contributed by atoms with Gasteiger partial charge in [0.1, 0.15) is 9.90 Å². The minimum Gasteiger partial charge on any atom is -0.389 e. The molecule has 1 unspecified atom stereocenters. The summed E-state index contributed by atoms with van der Waals surface area (Å²) in [7, 11) is 0. The van der Waals surface area contributed by atoms with E-state index in [1.165, 1.54) is 0 Å². The molecular formula is C13H20ClN3O3S. The maximum atomic E-state index is 12.5. The highest BCUT2D eigenvalue weighted by Crippen LogP contribution is 2.21. The molecule has 1 atom stereocenters. The summed E-state index contributed by atoms with van der Waals surface area (Å²) < 4.78 is 2.47. The second-order valence-corrected chi connectivity index (χ2v) is 7.27. The number of nitrogens with one attached hydrogen (secondary N) is 1. The zero-order chi connectivity index (χ0) is 15.8. The lowest BCUT2D eigenvalue weighted by Gasteiger charge is -2.41. The zero-order valence-corrected chi connectivity index (χ0v) is 13.9. The lowest BCUT2D eigenvalue weighted by atomic mass is 10.1. The Hall–Kier alpha value is -0.890. The zero-order valence-electron chi connectivity index (χ0n) is 12.4. The third kappa shape index (κ3) is 3.85. The number of β-amino-alcohol motifs (C(OH)–C–C–N with tert-alkyl or cyclic N) is 1. The molecule has 0 aliphatic carbocycles. The molecule has 21 heavy (non-hydrogen) atoms. The number of carbonyl (C=O) groups excluding carboxylic acids is 1. The normalized spacial score (nSPS) is 20.8.